The Morgan fingerprint density at radius 2 is 1.61 bits per heavy atom. The molecular weight excluding hydrogens is 416 g/mol. The quantitative estimate of drug-likeness (QED) is 0.237. The lowest BCUT2D eigenvalue weighted by Crippen LogP contribution is -2.30. The van der Waals surface area contributed by atoms with E-state index < -0.39 is 16.9 Å². The first-order valence-corrected chi connectivity index (χ1v) is 9.59. The Morgan fingerprint density at radius 3 is 2.13 bits per heavy atom. The number of nitrogens with zero attached hydrogens (tertiary/aromatic N) is 2. The fraction of sp³-hybridized carbons (Fsp3) is 0.0435. The summed E-state index contributed by atoms with van der Waals surface area (Å²) in [6.07, 6.45) is 1.17. The molecule has 0 unspecified atom stereocenters. The molecule has 0 saturated carbocycles. The molecule has 7 nitrogen and oxygen atoms in total. The van der Waals surface area contributed by atoms with E-state index in [2.05, 4.69) is 10.6 Å². The molecule has 1 amide bonds. The number of amides is 1. The first-order chi connectivity index (χ1) is 15.0. The van der Waals surface area contributed by atoms with Gasteiger partial charge in [-0.25, -0.2) is 0 Å². The molecule has 0 saturated heterocycles. The van der Waals surface area contributed by atoms with E-state index in [9.17, 15) is 20.2 Å². The summed E-state index contributed by atoms with van der Waals surface area (Å²) >= 11 is 6.05. The van der Waals surface area contributed by atoms with Gasteiger partial charge in [-0.05, 0) is 17.2 Å². The molecule has 0 radical (unpaired) electrons. The summed E-state index contributed by atoms with van der Waals surface area (Å²) in [5.41, 5.74) is 1.54. The van der Waals surface area contributed by atoms with Crippen LogP contribution in [-0.2, 0) is 4.79 Å². The van der Waals surface area contributed by atoms with Crippen LogP contribution < -0.4 is 10.6 Å². The van der Waals surface area contributed by atoms with Gasteiger partial charge < -0.3 is 10.6 Å². The summed E-state index contributed by atoms with van der Waals surface area (Å²) in [6, 6.07) is 24.0. The zero-order valence-corrected chi connectivity index (χ0v) is 16.9. The monoisotopic (exact) mass is 432 g/mol. The minimum atomic E-state index is -0.603. The third-order valence-electron chi connectivity index (χ3n) is 4.44. The van der Waals surface area contributed by atoms with E-state index in [0.29, 0.717) is 0 Å². The molecule has 0 aromatic heterocycles. The summed E-state index contributed by atoms with van der Waals surface area (Å²) in [4.78, 5) is 23.2. The smallest absolute Gasteiger partial charge is 0.271 e. The predicted molar refractivity (Wildman–Crippen MR) is 118 cm³/mol. The first-order valence-electron chi connectivity index (χ1n) is 9.21. The van der Waals surface area contributed by atoms with Crippen LogP contribution in [0.2, 0.25) is 5.02 Å². The van der Waals surface area contributed by atoms with Gasteiger partial charge in [-0.15, -0.1) is 0 Å². The minimum absolute atomic E-state index is 0.170. The Balaban J connectivity index is 1.85. The number of halogens is 1. The molecule has 3 aromatic carbocycles. The second kappa shape index (κ2) is 10.1. The fourth-order valence-electron chi connectivity index (χ4n) is 2.89. The second-order valence-corrected chi connectivity index (χ2v) is 6.87. The highest BCUT2D eigenvalue weighted by Crippen LogP contribution is 2.27. The third-order valence-corrected chi connectivity index (χ3v) is 4.77. The number of hydrogen-bond donors (Lipinski definition) is 2. The molecule has 2 N–H and O–H groups in total. The number of hydrogen-bond acceptors (Lipinski definition) is 5. The molecule has 0 fully saturated rings. The van der Waals surface area contributed by atoms with Gasteiger partial charge in [-0.3, -0.25) is 14.9 Å². The number of benzene rings is 3. The molecule has 0 heterocycles. The molecule has 3 rings (SSSR count). The van der Waals surface area contributed by atoms with Crippen LogP contribution in [0.1, 0.15) is 17.2 Å². The Hall–Kier alpha value is -4.15. The molecule has 0 spiro atoms. The number of nitro groups is 1. The van der Waals surface area contributed by atoms with E-state index in [1.54, 1.807) is 0 Å². The van der Waals surface area contributed by atoms with Crippen molar-refractivity contribution in [3.05, 3.63) is 117 Å². The number of rotatable bonds is 7. The number of carbonyl (C=O) groups is 1. The molecule has 8 heteroatoms. The van der Waals surface area contributed by atoms with Crippen LogP contribution in [-0.4, -0.2) is 10.8 Å². The zero-order chi connectivity index (χ0) is 22.2. The number of carbonyl (C=O) groups excluding carboxylic acids is 1. The van der Waals surface area contributed by atoms with Crippen LogP contribution in [0.15, 0.2) is 90.6 Å². The summed E-state index contributed by atoms with van der Waals surface area (Å²) in [5, 5.41) is 26.2. The summed E-state index contributed by atoms with van der Waals surface area (Å²) in [6.45, 7) is 0. The van der Waals surface area contributed by atoms with Gasteiger partial charge in [0.05, 0.1) is 21.7 Å². The summed E-state index contributed by atoms with van der Waals surface area (Å²) in [7, 11) is 0. The standard InChI is InChI=1S/C23H17ClN4O3/c24-20-12-11-19(28(30)31)13-21(20)26-15-18(14-25)23(29)27-22(16-7-3-1-4-8-16)17-9-5-2-6-10-17/h1-13,15,22,26H,(H,27,29)/b18-15-. The number of anilines is 1. The van der Waals surface area contributed by atoms with E-state index in [4.69, 9.17) is 11.6 Å². The molecule has 0 aliphatic carbocycles. The predicted octanol–water partition coefficient (Wildman–Crippen LogP) is 4.97. The average molecular weight is 433 g/mol. The van der Waals surface area contributed by atoms with Crippen molar-refractivity contribution in [1.29, 1.82) is 5.26 Å². The zero-order valence-electron chi connectivity index (χ0n) is 16.2. The van der Waals surface area contributed by atoms with Crippen LogP contribution >= 0.6 is 11.6 Å². The minimum Gasteiger partial charge on any atom is -0.359 e. The van der Waals surface area contributed by atoms with Crippen LogP contribution in [0.5, 0.6) is 0 Å². The van der Waals surface area contributed by atoms with Crippen LogP contribution in [0, 0.1) is 21.4 Å². The molecule has 0 atom stereocenters. The summed E-state index contributed by atoms with van der Waals surface area (Å²) < 4.78 is 0. The first kappa shape index (κ1) is 21.6. The Kier molecular flexibility index (Phi) is 6.99. The average Bonchev–Trinajstić information content (AvgIpc) is 2.80. The molecular formula is C23H17ClN4O3. The normalized spacial score (nSPS) is 10.9. The lowest BCUT2D eigenvalue weighted by Gasteiger charge is -2.19. The molecule has 0 aliphatic heterocycles. The van der Waals surface area contributed by atoms with E-state index >= 15 is 0 Å². The van der Waals surface area contributed by atoms with Gasteiger partial charge >= 0.3 is 0 Å². The van der Waals surface area contributed by atoms with Gasteiger partial charge in [0.15, 0.2) is 0 Å². The highest BCUT2D eigenvalue weighted by molar-refractivity contribution is 6.33. The highest BCUT2D eigenvalue weighted by Gasteiger charge is 2.19. The maximum atomic E-state index is 12.8. The maximum Gasteiger partial charge on any atom is 0.271 e. The van der Waals surface area contributed by atoms with Gasteiger partial charge in [0, 0.05) is 18.3 Å². The number of nitriles is 1. The van der Waals surface area contributed by atoms with Crippen LogP contribution in [0.3, 0.4) is 0 Å². The fourth-order valence-corrected chi connectivity index (χ4v) is 3.07. The van der Waals surface area contributed by atoms with Gasteiger partial charge in [0.2, 0.25) is 0 Å². The van der Waals surface area contributed by atoms with E-state index in [1.165, 1.54) is 24.4 Å². The van der Waals surface area contributed by atoms with Gasteiger partial charge in [0.1, 0.15) is 11.6 Å². The number of non-ortho nitro benzene ring substituents is 1. The van der Waals surface area contributed by atoms with E-state index in [-0.39, 0.29) is 22.0 Å². The van der Waals surface area contributed by atoms with E-state index in [1.807, 2.05) is 66.7 Å². The Labute approximate surface area is 183 Å². The second-order valence-electron chi connectivity index (χ2n) is 6.46. The molecule has 31 heavy (non-hydrogen) atoms. The highest BCUT2D eigenvalue weighted by atomic mass is 35.5. The topological polar surface area (TPSA) is 108 Å². The van der Waals surface area contributed by atoms with Crippen LogP contribution in [0.25, 0.3) is 0 Å². The largest absolute Gasteiger partial charge is 0.359 e. The van der Waals surface area contributed by atoms with Crippen molar-refractivity contribution in [3.63, 3.8) is 0 Å². The van der Waals surface area contributed by atoms with Gasteiger partial charge in [-0.2, -0.15) is 5.26 Å². The molecule has 154 valence electrons. The van der Waals surface area contributed by atoms with E-state index in [0.717, 1.165) is 11.1 Å². The Bertz CT molecular complexity index is 1120. The maximum absolute atomic E-state index is 12.8. The SMILES string of the molecule is N#C/C(=C/Nc1cc([N+](=O)[O-])ccc1Cl)C(=O)NC(c1ccccc1)c1ccccc1. The molecule has 3 aromatic rings. The van der Waals surface area contributed by atoms with Gasteiger partial charge in [0.25, 0.3) is 11.6 Å². The molecule has 0 bridgehead atoms. The van der Waals surface area contributed by atoms with Crippen molar-refractivity contribution >= 4 is 28.9 Å². The lowest BCUT2D eigenvalue weighted by atomic mass is 9.98. The van der Waals surface area contributed by atoms with Gasteiger partial charge in [-0.1, -0.05) is 72.3 Å². The number of nitrogens with one attached hydrogen (secondary N) is 2. The van der Waals surface area contributed by atoms with Crippen molar-refractivity contribution in [2.75, 3.05) is 5.32 Å². The Morgan fingerprint density at radius 1 is 1.03 bits per heavy atom. The van der Waals surface area contributed by atoms with Crippen molar-refractivity contribution in [2.45, 2.75) is 6.04 Å². The van der Waals surface area contributed by atoms with Crippen molar-refractivity contribution in [3.8, 4) is 6.07 Å². The van der Waals surface area contributed by atoms with Crippen molar-refractivity contribution in [2.24, 2.45) is 0 Å². The lowest BCUT2D eigenvalue weighted by molar-refractivity contribution is -0.384. The van der Waals surface area contributed by atoms with Crippen LogP contribution in [0.4, 0.5) is 11.4 Å². The van der Waals surface area contributed by atoms with Crippen molar-refractivity contribution in [1.82, 2.24) is 5.32 Å². The summed E-state index contributed by atoms with van der Waals surface area (Å²) in [5.74, 6) is -0.603. The molecule has 0 aliphatic rings. The number of nitro benzene ring substituents is 1. The van der Waals surface area contributed by atoms with Crippen molar-refractivity contribution < 1.29 is 9.72 Å². The third kappa shape index (κ3) is 5.47.